The number of carbonyl (C=O) groups excluding carboxylic acids is 3. The van der Waals surface area contributed by atoms with Crippen molar-refractivity contribution in [2.75, 3.05) is 0 Å². The lowest BCUT2D eigenvalue weighted by Crippen LogP contribution is -2.46. The highest BCUT2D eigenvalue weighted by molar-refractivity contribution is 6.05. The molecule has 0 aliphatic rings. The monoisotopic (exact) mass is 403 g/mol. The van der Waals surface area contributed by atoms with E-state index in [2.05, 4.69) is 10.3 Å². The van der Waals surface area contributed by atoms with Crippen molar-refractivity contribution in [3.05, 3.63) is 36.0 Å². The van der Waals surface area contributed by atoms with Gasteiger partial charge in [0.05, 0.1) is 12.1 Å². The molecular formula is C20H25N3O6. The minimum atomic E-state index is -1.29. The maximum atomic E-state index is 12.9. The molecule has 0 aliphatic carbocycles. The number of ketones is 1. The van der Waals surface area contributed by atoms with Crippen molar-refractivity contribution in [1.82, 2.24) is 15.8 Å². The number of aliphatic carboxylic acids is 1. The molecule has 1 aromatic carbocycles. The van der Waals surface area contributed by atoms with Gasteiger partial charge < -0.3 is 15.4 Å². The summed E-state index contributed by atoms with van der Waals surface area (Å²) in [6.07, 6.45) is -0.541. The zero-order chi connectivity index (χ0) is 21.6. The van der Waals surface area contributed by atoms with Crippen molar-refractivity contribution in [3.63, 3.8) is 0 Å². The second-order valence-electron chi connectivity index (χ2n) is 7.36. The van der Waals surface area contributed by atoms with Gasteiger partial charge in [-0.25, -0.2) is 5.48 Å². The number of aromatic nitrogens is 1. The molecule has 9 heteroatoms. The molecule has 156 valence electrons. The van der Waals surface area contributed by atoms with Gasteiger partial charge in [0.15, 0.2) is 0 Å². The number of rotatable bonds is 10. The van der Waals surface area contributed by atoms with E-state index < -0.39 is 41.9 Å². The molecule has 0 unspecified atom stereocenters. The van der Waals surface area contributed by atoms with E-state index in [1.807, 2.05) is 19.9 Å². The number of hydrogen-bond donors (Lipinski definition) is 5. The number of H-pyrrole nitrogens is 1. The Balaban J connectivity index is 2.23. The molecule has 0 aliphatic heterocycles. The zero-order valence-electron chi connectivity index (χ0n) is 16.3. The van der Waals surface area contributed by atoms with Gasteiger partial charge in [-0.3, -0.25) is 24.4 Å². The standard InChI is InChI=1S/C20H25N3O6/c1-11(2)7-13(9-17(24)23-29)20(28)22-16(10-18(25)26)19(27)15-8-12-5-3-4-6-14(12)21-15/h3-6,8,11,13,16,21,29H,7,9-10H2,1-2H3,(H,22,28)(H,23,24)(H,25,26)/t13-,16+/m1/s1. The molecule has 0 saturated heterocycles. The van der Waals surface area contributed by atoms with Gasteiger partial charge in [-0.1, -0.05) is 32.0 Å². The summed E-state index contributed by atoms with van der Waals surface area (Å²) in [6, 6.07) is 7.50. The number of hydrogen-bond acceptors (Lipinski definition) is 5. The molecule has 2 rings (SSSR count). The van der Waals surface area contributed by atoms with Gasteiger partial charge >= 0.3 is 5.97 Å². The molecule has 2 amide bonds. The van der Waals surface area contributed by atoms with Crippen LogP contribution in [0.4, 0.5) is 0 Å². The van der Waals surface area contributed by atoms with Crippen LogP contribution in [0.25, 0.3) is 10.9 Å². The highest BCUT2D eigenvalue weighted by Crippen LogP contribution is 2.19. The van der Waals surface area contributed by atoms with Crippen LogP contribution in [0.15, 0.2) is 30.3 Å². The van der Waals surface area contributed by atoms with E-state index in [0.717, 1.165) is 5.39 Å². The van der Waals surface area contributed by atoms with E-state index in [4.69, 9.17) is 5.21 Å². The summed E-state index contributed by atoms with van der Waals surface area (Å²) in [6.45, 7) is 3.73. The van der Waals surface area contributed by atoms with E-state index in [1.54, 1.807) is 24.3 Å². The number of carboxylic acid groups (broad SMARTS) is 1. The molecular weight excluding hydrogens is 378 g/mol. The van der Waals surface area contributed by atoms with Crippen LogP contribution in [-0.2, 0) is 14.4 Å². The van der Waals surface area contributed by atoms with E-state index >= 15 is 0 Å². The first-order valence-electron chi connectivity index (χ1n) is 9.28. The number of carboxylic acids is 1. The predicted octanol–water partition coefficient (Wildman–Crippen LogP) is 1.87. The number of benzene rings is 1. The van der Waals surface area contributed by atoms with Crippen LogP contribution >= 0.6 is 0 Å². The van der Waals surface area contributed by atoms with Gasteiger partial charge in [-0.15, -0.1) is 0 Å². The van der Waals surface area contributed by atoms with Crippen LogP contribution in [0, 0.1) is 11.8 Å². The summed E-state index contributed by atoms with van der Waals surface area (Å²) in [4.78, 5) is 51.3. The van der Waals surface area contributed by atoms with Gasteiger partial charge in [0.1, 0.15) is 6.04 Å². The number of carbonyl (C=O) groups is 4. The Morgan fingerprint density at radius 2 is 1.79 bits per heavy atom. The minimum absolute atomic E-state index is 0.0691. The van der Waals surface area contributed by atoms with E-state index in [9.17, 15) is 24.3 Å². The first kappa shape index (κ1) is 22.1. The van der Waals surface area contributed by atoms with E-state index in [-0.39, 0.29) is 18.0 Å². The van der Waals surface area contributed by atoms with Crippen LogP contribution in [0.3, 0.4) is 0 Å². The Bertz CT molecular complexity index is 872. The highest BCUT2D eigenvalue weighted by atomic mass is 16.5. The average Bonchev–Trinajstić information content (AvgIpc) is 3.09. The molecule has 0 bridgehead atoms. The third-order valence-corrected chi connectivity index (χ3v) is 4.49. The zero-order valence-corrected chi connectivity index (χ0v) is 16.3. The molecule has 29 heavy (non-hydrogen) atoms. The SMILES string of the molecule is CC(C)C[C@H](CC(=O)NO)C(=O)N[C@@H](CC(=O)O)C(=O)c1cc2ccccc2[nH]1. The Morgan fingerprint density at radius 1 is 1.10 bits per heavy atom. The molecule has 0 fully saturated rings. The molecule has 0 radical (unpaired) electrons. The van der Waals surface area contributed by atoms with Crippen molar-refractivity contribution < 1.29 is 29.5 Å². The minimum Gasteiger partial charge on any atom is -0.481 e. The maximum absolute atomic E-state index is 12.9. The number of amides is 2. The molecule has 2 atom stereocenters. The lowest BCUT2D eigenvalue weighted by atomic mass is 9.92. The van der Waals surface area contributed by atoms with E-state index in [1.165, 1.54) is 5.48 Å². The molecule has 0 saturated carbocycles. The Labute approximate surface area is 167 Å². The molecule has 1 heterocycles. The van der Waals surface area contributed by atoms with Gasteiger partial charge in [-0.05, 0) is 24.5 Å². The quantitative estimate of drug-likeness (QED) is 0.232. The Morgan fingerprint density at radius 3 is 2.38 bits per heavy atom. The summed E-state index contributed by atoms with van der Waals surface area (Å²) in [5.41, 5.74) is 2.39. The van der Waals surface area contributed by atoms with Crippen LogP contribution in [-0.4, -0.2) is 44.9 Å². The van der Waals surface area contributed by atoms with Crippen LogP contribution < -0.4 is 10.8 Å². The first-order valence-corrected chi connectivity index (χ1v) is 9.28. The predicted molar refractivity (Wildman–Crippen MR) is 104 cm³/mol. The summed E-state index contributed by atoms with van der Waals surface area (Å²) < 4.78 is 0. The largest absolute Gasteiger partial charge is 0.481 e. The maximum Gasteiger partial charge on any atom is 0.305 e. The summed E-state index contributed by atoms with van der Waals surface area (Å²) in [5, 5.41) is 21.2. The fourth-order valence-corrected chi connectivity index (χ4v) is 3.19. The molecule has 2 aromatic rings. The number of fused-ring (bicyclic) bond motifs is 1. The number of Topliss-reactive ketones (excluding diaryl/α,β-unsaturated/α-hetero) is 1. The fraction of sp³-hybridized carbons (Fsp3) is 0.400. The summed E-state index contributed by atoms with van der Waals surface area (Å²) in [5.74, 6) is -3.89. The van der Waals surface area contributed by atoms with Crippen LogP contribution in [0.5, 0.6) is 0 Å². The molecule has 1 aromatic heterocycles. The number of para-hydroxylation sites is 1. The Kier molecular flexibility index (Phi) is 7.49. The molecule has 0 spiro atoms. The van der Waals surface area contributed by atoms with E-state index in [0.29, 0.717) is 11.9 Å². The first-order chi connectivity index (χ1) is 13.7. The summed E-state index contributed by atoms with van der Waals surface area (Å²) in [7, 11) is 0. The van der Waals surface area contributed by atoms with Crippen molar-refractivity contribution in [2.24, 2.45) is 11.8 Å². The smallest absolute Gasteiger partial charge is 0.305 e. The van der Waals surface area contributed by atoms with Crippen molar-refractivity contribution in [2.45, 2.75) is 39.2 Å². The fourth-order valence-electron chi connectivity index (χ4n) is 3.19. The van der Waals surface area contributed by atoms with Crippen molar-refractivity contribution in [1.29, 1.82) is 0 Å². The van der Waals surface area contributed by atoms with Crippen LogP contribution in [0.2, 0.25) is 0 Å². The van der Waals surface area contributed by atoms with Gasteiger partial charge in [0.2, 0.25) is 17.6 Å². The summed E-state index contributed by atoms with van der Waals surface area (Å²) >= 11 is 0. The third-order valence-electron chi connectivity index (χ3n) is 4.49. The van der Waals surface area contributed by atoms with Gasteiger partial charge in [0.25, 0.3) is 0 Å². The van der Waals surface area contributed by atoms with Crippen molar-refractivity contribution >= 4 is 34.5 Å². The normalized spacial score (nSPS) is 13.1. The Hall–Kier alpha value is -3.20. The van der Waals surface area contributed by atoms with Crippen molar-refractivity contribution in [3.8, 4) is 0 Å². The topological polar surface area (TPSA) is 149 Å². The second-order valence-corrected chi connectivity index (χ2v) is 7.36. The second kappa shape index (κ2) is 9.83. The van der Waals surface area contributed by atoms with Crippen LogP contribution in [0.1, 0.15) is 43.6 Å². The van der Waals surface area contributed by atoms with Gasteiger partial charge in [0, 0.05) is 23.2 Å². The lowest BCUT2D eigenvalue weighted by molar-refractivity contribution is -0.138. The van der Waals surface area contributed by atoms with Gasteiger partial charge in [-0.2, -0.15) is 0 Å². The number of hydroxylamine groups is 1. The highest BCUT2D eigenvalue weighted by Gasteiger charge is 2.30. The third kappa shape index (κ3) is 6.15. The molecule has 9 nitrogen and oxygen atoms in total. The average molecular weight is 403 g/mol. The molecule has 5 N–H and O–H groups in total. The lowest BCUT2D eigenvalue weighted by Gasteiger charge is -2.21. The number of nitrogens with one attached hydrogen (secondary N) is 3. The number of aromatic amines is 1.